The molecule has 2 rings (SSSR count). The molecular formula is C12H18FN3. The Kier molecular flexibility index (Phi) is 3.10. The number of halogens is 1. The molecule has 2 heterocycles. The molecule has 3 nitrogen and oxygen atoms in total. The van der Waals surface area contributed by atoms with Crippen molar-refractivity contribution in [3.8, 4) is 0 Å². The quantitative estimate of drug-likeness (QED) is 0.831. The molecule has 0 saturated carbocycles. The molecule has 0 bridgehead atoms. The topological polar surface area (TPSA) is 42.1 Å². The standard InChI is InChI=1S/C12H18FN3/c1-12(9-14)4-6-16(7-5-12)11-3-2-10(13)8-15-11/h2-3,8H,4-7,9,14H2,1H3. The fourth-order valence-electron chi connectivity index (χ4n) is 2.03. The van der Waals surface area contributed by atoms with Crippen molar-refractivity contribution in [3.05, 3.63) is 24.1 Å². The number of aromatic nitrogens is 1. The van der Waals surface area contributed by atoms with Gasteiger partial charge in [-0.1, -0.05) is 6.92 Å². The highest BCUT2D eigenvalue weighted by Gasteiger charge is 2.28. The number of piperidine rings is 1. The summed E-state index contributed by atoms with van der Waals surface area (Å²) in [6.07, 6.45) is 3.41. The Morgan fingerprint density at radius 2 is 2.12 bits per heavy atom. The van der Waals surface area contributed by atoms with Crippen LogP contribution in [0.1, 0.15) is 19.8 Å². The van der Waals surface area contributed by atoms with Crippen LogP contribution in [0.15, 0.2) is 18.3 Å². The van der Waals surface area contributed by atoms with Crippen molar-refractivity contribution < 1.29 is 4.39 Å². The fraction of sp³-hybridized carbons (Fsp3) is 0.583. The first-order chi connectivity index (χ1) is 7.63. The zero-order valence-corrected chi connectivity index (χ0v) is 9.62. The van der Waals surface area contributed by atoms with Gasteiger partial charge in [0.15, 0.2) is 0 Å². The van der Waals surface area contributed by atoms with E-state index in [1.165, 1.54) is 12.3 Å². The maximum atomic E-state index is 12.7. The third-order valence-corrected chi connectivity index (χ3v) is 3.50. The van der Waals surface area contributed by atoms with Crippen molar-refractivity contribution in [2.45, 2.75) is 19.8 Å². The number of hydrogen-bond donors (Lipinski definition) is 1. The van der Waals surface area contributed by atoms with E-state index in [9.17, 15) is 4.39 Å². The molecule has 16 heavy (non-hydrogen) atoms. The van der Waals surface area contributed by atoms with Crippen LogP contribution in [0.25, 0.3) is 0 Å². The first kappa shape index (κ1) is 11.3. The lowest BCUT2D eigenvalue weighted by Gasteiger charge is -2.39. The highest BCUT2D eigenvalue weighted by atomic mass is 19.1. The minimum absolute atomic E-state index is 0.260. The maximum absolute atomic E-state index is 12.7. The van der Waals surface area contributed by atoms with Gasteiger partial charge >= 0.3 is 0 Å². The van der Waals surface area contributed by atoms with Crippen molar-refractivity contribution in [2.75, 3.05) is 24.5 Å². The van der Waals surface area contributed by atoms with Gasteiger partial charge in [-0.2, -0.15) is 0 Å². The zero-order valence-electron chi connectivity index (χ0n) is 9.62. The van der Waals surface area contributed by atoms with E-state index in [1.54, 1.807) is 6.07 Å². The van der Waals surface area contributed by atoms with Gasteiger partial charge in [-0.05, 0) is 36.9 Å². The van der Waals surface area contributed by atoms with Gasteiger partial charge in [0, 0.05) is 13.1 Å². The average molecular weight is 223 g/mol. The molecule has 4 heteroatoms. The molecule has 0 aromatic carbocycles. The maximum Gasteiger partial charge on any atom is 0.141 e. The molecular weight excluding hydrogens is 205 g/mol. The Labute approximate surface area is 95.5 Å². The van der Waals surface area contributed by atoms with Crippen LogP contribution >= 0.6 is 0 Å². The summed E-state index contributed by atoms with van der Waals surface area (Å²) < 4.78 is 12.7. The Morgan fingerprint density at radius 3 is 2.62 bits per heavy atom. The molecule has 1 saturated heterocycles. The molecule has 0 radical (unpaired) electrons. The SMILES string of the molecule is CC1(CN)CCN(c2ccc(F)cn2)CC1. The second-order valence-electron chi connectivity index (χ2n) is 4.84. The first-order valence-corrected chi connectivity index (χ1v) is 5.70. The van der Waals surface area contributed by atoms with Gasteiger partial charge in [-0.25, -0.2) is 9.37 Å². The van der Waals surface area contributed by atoms with Crippen LogP contribution in [0.4, 0.5) is 10.2 Å². The zero-order chi connectivity index (χ0) is 11.6. The van der Waals surface area contributed by atoms with E-state index in [2.05, 4.69) is 16.8 Å². The summed E-state index contributed by atoms with van der Waals surface area (Å²) in [6, 6.07) is 3.19. The summed E-state index contributed by atoms with van der Waals surface area (Å²) in [7, 11) is 0. The molecule has 1 aliphatic rings. The van der Waals surface area contributed by atoms with E-state index >= 15 is 0 Å². The van der Waals surface area contributed by atoms with Crippen LogP contribution < -0.4 is 10.6 Å². The molecule has 0 unspecified atom stereocenters. The lowest BCUT2D eigenvalue weighted by Crippen LogP contribution is -2.42. The van der Waals surface area contributed by atoms with E-state index in [0.29, 0.717) is 0 Å². The van der Waals surface area contributed by atoms with Crippen molar-refractivity contribution in [2.24, 2.45) is 11.1 Å². The number of pyridine rings is 1. The Morgan fingerprint density at radius 1 is 1.44 bits per heavy atom. The molecule has 0 aliphatic carbocycles. The van der Waals surface area contributed by atoms with Gasteiger partial charge in [0.1, 0.15) is 11.6 Å². The van der Waals surface area contributed by atoms with Crippen LogP contribution in [0.2, 0.25) is 0 Å². The number of nitrogens with two attached hydrogens (primary N) is 1. The lowest BCUT2D eigenvalue weighted by atomic mass is 9.80. The largest absolute Gasteiger partial charge is 0.357 e. The highest BCUT2D eigenvalue weighted by Crippen LogP contribution is 2.31. The average Bonchev–Trinajstić information content (AvgIpc) is 2.32. The molecule has 0 spiro atoms. The van der Waals surface area contributed by atoms with Crippen LogP contribution in [0.5, 0.6) is 0 Å². The molecule has 1 aromatic heterocycles. The van der Waals surface area contributed by atoms with Gasteiger partial charge in [-0.3, -0.25) is 0 Å². The summed E-state index contributed by atoms with van der Waals surface area (Å²) in [5, 5.41) is 0. The second-order valence-corrected chi connectivity index (χ2v) is 4.84. The monoisotopic (exact) mass is 223 g/mol. The van der Waals surface area contributed by atoms with E-state index < -0.39 is 0 Å². The predicted octanol–water partition coefficient (Wildman–Crippen LogP) is 1.79. The smallest absolute Gasteiger partial charge is 0.141 e. The fourth-order valence-corrected chi connectivity index (χ4v) is 2.03. The van der Waals surface area contributed by atoms with Gasteiger partial charge in [0.05, 0.1) is 6.20 Å². The van der Waals surface area contributed by atoms with Crippen LogP contribution in [0, 0.1) is 11.2 Å². The number of hydrogen-bond acceptors (Lipinski definition) is 3. The van der Waals surface area contributed by atoms with Gasteiger partial charge < -0.3 is 10.6 Å². The molecule has 88 valence electrons. The molecule has 2 N–H and O–H groups in total. The Hall–Kier alpha value is -1.16. The molecule has 0 amide bonds. The lowest BCUT2D eigenvalue weighted by molar-refractivity contribution is 0.258. The van der Waals surface area contributed by atoms with Crippen molar-refractivity contribution in [1.29, 1.82) is 0 Å². The summed E-state index contributed by atoms with van der Waals surface area (Å²) in [5.74, 6) is 0.577. The first-order valence-electron chi connectivity index (χ1n) is 5.70. The van der Waals surface area contributed by atoms with Crippen molar-refractivity contribution >= 4 is 5.82 Å². The van der Waals surface area contributed by atoms with Gasteiger partial charge in [0.25, 0.3) is 0 Å². The Bertz CT molecular complexity index is 342. The summed E-state index contributed by atoms with van der Waals surface area (Å²) >= 11 is 0. The summed E-state index contributed by atoms with van der Waals surface area (Å²) in [5.41, 5.74) is 6.02. The number of nitrogens with zero attached hydrogens (tertiary/aromatic N) is 2. The highest BCUT2D eigenvalue weighted by molar-refractivity contribution is 5.38. The van der Waals surface area contributed by atoms with Crippen LogP contribution in [-0.2, 0) is 0 Å². The van der Waals surface area contributed by atoms with Crippen molar-refractivity contribution in [1.82, 2.24) is 4.98 Å². The molecule has 1 aromatic rings. The minimum Gasteiger partial charge on any atom is -0.357 e. The van der Waals surface area contributed by atoms with E-state index in [-0.39, 0.29) is 11.2 Å². The number of rotatable bonds is 2. The van der Waals surface area contributed by atoms with E-state index in [1.807, 2.05) is 0 Å². The van der Waals surface area contributed by atoms with Gasteiger partial charge in [-0.15, -0.1) is 0 Å². The third-order valence-electron chi connectivity index (χ3n) is 3.50. The Balaban J connectivity index is 2.01. The molecule has 0 atom stereocenters. The van der Waals surface area contributed by atoms with Crippen LogP contribution in [0.3, 0.4) is 0 Å². The van der Waals surface area contributed by atoms with Crippen LogP contribution in [-0.4, -0.2) is 24.6 Å². The third kappa shape index (κ3) is 2.32. The van der Waals surface area contributed by atoms with E-state index in [0.717, 1.165) is 38.3 Å². The number of anilines is 1. The molecule has 1 aliphatic heterocycles. The van der Waals surface area contributed by atoms with Gasteiger partial charge in [0.2, 0.25) is 0 Å². The van der Waals surface area contributed by atoms with E-state index in [4.69, 9.17) is 5.73 Å². The summed E-state index contributed by atoms with van der Waals surface area (Å²) in [6.45, 7) is 4.86. The minimum atomic E-state index is -0.285. The second kappa shape index (κ2) is 4.37. The summed E-state index contributed by atoms with van der Waals surface area (Å²) in [4.78, 5) is 6.29. The normalized spacial score (nSPS) is 19.8. The van der Waals surface area contributed by atoms with Crippen molar-refractivity contribution in [3.63, 3.8) is 0 Å². The predicted molar refractivity (Wildman–Crippen MR) is 62.8 cm³/mol. The molecule has 1 fully saturated rings.